The average Bonchev–Trinajstić information content (AvgIpc) is 3.13. The van der Waals surface area contributed by atoms with Gasteiger partial charge >= 0.3 is 0 Å². The Bertz CT molecular complexity index is 926. The standard InChI is InChI=1S/C20H21N5O2/c1-2-27-19-11-10-16(23-24-19)20(26)22-15-8-4-3-7-14(15)17-13-25-12-6-5-9-18(25)21-17/h3-4,7-8,10-11,13H,2,5-6,9,12H2,1H3,(H,22,26). The van der Waals surface area contributed by atoms with Gasteiger partial charge in [0.1, 0.15) is 5.82 Å². The van der Waals surface area contributed by atoms with Crippen LogP contribution in [-0.2, 0) is 13.0 Å². The molecule has 138 valence electrons. The van der Waals surface area contributed by atoms with Gasteiger partial charge in [-0.05, 0) is 31.9 Å². The summed E-state index contributed by atoms with van der Waals surface area (Å²) in [6.45, 7) is 3.37. The summed E-state index contributed by atoms with van der Waals surface area (Å²) in [4.78, 5) is 17.3. The Morgan fingerprint density at radius 3 is 2.85 bits per heavy atom. The Kier molecular flexibility index (Phi) is 4.82. The van der Waals surface area contributed by atoms with Gasteiger partial charge in [0.05, 0.1) is 18.0 Å². The topological polar surface area (TPSA) is 81.9 Å². The first-order valence-corrected chi connectivity index (χ1v) is 9.18. The average molecular weight is 363 g/mol. The third-order valence-electron chi connectivity index (χ3n) is 4.52. The molecule has 0 saturated heterocycles. The molecule has 1 amide bonds. The number of amides is 1. The number of hydrogen-bond donors (Lipinski definition) is 1. The van der Waals surface area contributed by atoms with Crippen molar-refractivity contribution >= 4 is 11.6 Å². The predicted molar refractivity (Wildman–Crippen MR) is 102 cm³/mol. The van der Waals surface area contributed by atoms with Gasteiger partial charge in [0.25, 0.3) is 5.91 Å². The van der Waals surface area contributed by atoms with Crippen molar-refractivity contribution in [3.8, 4) is 17.1 Å². The van der Waals surface area contributed by atoms with Gasteiger partial charge in [-0.25, -0.2) is 4.98 Å². The first kappa shape index (κ1) is 17.2. The number of nitrogens with one attached hydrogen (secondary N) is 1. The van der Waals surface area contributed by atoms with Crippen LogP contribution >= 0.6 is 0 Å². The molecular formula is C20H21N5O2. The quantitative estimate of drug-likeness (QED) is 0.752. The van der Waals surface area contributed by atoms with Crippen molar-refractivity contribution in [1.29, 1.82) is 0 Å². The summed E-state index contributed by atoms with van der Waals surface area (Å²) < 4.78 is 7.46. The van der Waals surface area contributed by atoms with Crippen molar-refractivity contribution in [3.05, 3.63) is 54.1 Å². The Morgan fingerprint density at radius 2 is 2.07 bits per heavy atom. The van der Waals surface area contributed by atoms with E-state index in [1.807, 2.05) is 31.2 Å². The summed E-state index contributed by atoms with van der Waals surface area (Å²) in [7, 11) is 0. The van der Waals surface area contributed by atoms with Gasteiger partial charge in [-0.2, -0.15) is 0 Å². The summed E-state index contributed by atoms with van der Waals surface area (Å²) in [6, 6.07) is 10.9. The normalized spacial score (nSPS) is 13.1. The van der Waals surface area contributed by atoms with E-state index in [1.54, 1.807) is 12.1 Å². The number of carbonyl (C=O) groups excluding carboxylic acids is 1. The van der Waals surface area contributed by atoms with E-state index in [4.69, 9.17) is 9.72 Å². The lowest BCUT2D eigenvalue weighted by molar-refractivity contribution is 0.102. The number of carbonyl (C=O) groups is 1. The fraction of sp³-hybridized carbons (Fsp3) is 0.300. The fourth-order valence-corrected chi connectivity index (χ4v) is 3.21. The van der Waals surface area contributed by atoms with Crippen LogP contribution in [-0.4, -0.2) is 32.3 Å². The highest BCUT2D eigenvalue weighted by Crippen LogP contribution is 2.29. The molecule has 1 N–H and O–H groups in total. The molecule has 3 aromatic rings. The van der Waals surface area contributed by atoms with Crippen LogP contribution in [0.1, 0.15) is 36.1 Å². The molecule has 7 nitrogen and oxygen atoms in total. The molecule has 1 aliphatic heterocycles. The largest absolute Gasteiger partial charge is 0.477 e. The highest BCUT2D eigenvalue weighted by Gasteiger charge is 2.17. The second-order valence-corrected chi connectivity index (χ2v) is 6.38. The lowest BCUT2D eigenvalue weighted by Gasteiger charge is -2.11. The maximum absolute atomic E-state index is 12.6. The SMILES string of the molecule is CCOc1ccc(C(=O)Nc2ccccc2-c2cn3c(n2)CCCC3)nn1. The number of para-hydroxylation sites is 1. The van der Waals surface area contributed by atoms with Crippen LogP contribution in [0.2, 0.25) is 0 Å². The Labute approximate surface area is 157 Å². The monoisotopic (exact) mass is 363 g/mol. The lowest BCUT2D eigenvalue weighted by atomic mass is 10.1. The van der Waals surface area contributed by atoms with Crippen molar-refractivity contribution in [2.45, 2.75) is 32.7 Å². The van der Waals surface area contributed by atoms with Crippen molar-refractivity contribution in [1.82, 2.24) is 19.7 Å². The van der Waals surface area contributed by atoms with E-state index >= 15 is 0 Å². The van der Waals surface area contributed by atoms with E-state index < -0.39 is 0 Å². The molecule has 0 radical (unpaired) electrons. The summed E-state index contributed by atoms with van der Waals surface area (Å²) >= 11 is 0. The molecule has 0 bridgehead atoms. The minimum atomic E-state index is -0.318. The molecule has 0 fully saturated rings. The second kappa shape index (κ2) is 7.57. The minimum absolute atomic E-state index is 0.234. The van der Waals surface area contributed by atoms with Gasteiger partial charge in [0, 0.05) is 30.8 Å². The number of anilines is 1. The molecule has 0 atom stereocenters. The van der Waals surface area contributed by atoms with Crippen LogP contribution in [0.5, 0.6) is 5.88 Å². The van der Waals surface area contributed by atoms with Crippen LogP contribution in [0.15, 0.2) is 42.6 Å². The number of aryl methyl sites for hydroxylation is 2. The number of benzene rings is 1. The first-order chi connectivity index (χ1) is 13.2. The van der Waals surface area contributed by atoms with Crippen LogP contribution in [0.4, 0.5) is 5.69 Å². The van der Waals surface area contributed by atoms with Gasteiger partial charge in [-0.1, -0.05) is 18.2 Å². The molecule has 0 unspecified atom stereocenters. The van der Waals surface area contributed by atoms with Crippen molar-refractivity contribution in [2.75, 3.05) is 11.9 Å². The van der Waals surface area contributed by atoms with Gasteiger partial charge in [0.2, 0.25) is 5.88 Å². The predicted octanol–water partition coefficient (Wildman–Crippen LogP) is 3.33. The number of aromatic nitrogens is 4. The smallest absolute Gasteiger partial charge is 0.276 e. The zero-order chi connectivity index (χ0) is 18.6. The Hall–Kier alpha value is -3.22. The molecule has 4 rings (SSSR count). The second-order valence-electron chi connectivity index (χ2n) is 6.38. The van der Waals surface area contributed by atoms with E-state index in [9.17, 15) is 4.79 Å². The lowest BCUT2D eigenvalue weighted by Crippen LogP contribution is -2.15. The van der Waals surface area contributed by atoms with Gasteiger partial charge in [0.15, 0.2) is 5.69 Å². The van der Waals surface area contributed by atoms with E-state index in [1.165, 1.54) is 12.8 Å². The molecule has 27 heavy (non-hydrogen) atoms. The molecular weight excluding hydrogens is 342 g/mol. The zero-order valence-electron chi connectivity index (χ0n) is 15.2. The van der Waals surface area contributed by atoms with Crippen molar-refractivity contribution in [3.63, 3.8) is 0 Å². The third-order valence-corrected chi connectivity index (χ3v) is 4.52. The molecule has 2 aromatic heterocycles. The molecule has 0 aliphatic carbocycles. The van der Waals surface area contributed by atoms with Crippen LogP contribution in [0.25, 0.3) is 11.3 Å². The minimum Gasteiger partial charge on any atom is -0.477 e. The number of ether oxygens (including phenoxy) is 1. The van der Waals surface area contributed by atoms with Crippen LogP contribution in [0, 0.1) is 0 Å². The van der Waals surface area contributed by atoms with E-state index in [-0.39, 0.29) is 11.6 Å². The molecule has 0 spiro atoms. The van der Waals surface area contributed by atoms with Crippen molar-refractivity contribution in [2.24, 2.45) is 0 Å². The Balaban J connectivity index is 1.57. The van der Waals surface area contributed by atoms with Crippen molar-refractivity contribution < 1.29 is 9.53 Å². The highest BCUT2D eigenvalue weighted by molar-refractivity contribution is 6.04. The number of imidazole rings is 1. The number of rotatable bonds is 5. The number of hydrogen-bond acceptors (Lipinski definition) is 5. The van der Waals surface area contributed by atoms with Gasteiger partial charge in [-0.3, -0.25) is 4.79 Å². The summed E-state index contributed by atoms with van der Waals surface area (Å²) in [5.41, 5.74) is 2.71. The molecule has 1 aromatic carbocycles. The maximum atomic E-state index is 12.6. The van der Waals surface area contributed by atoms with E-state index in [0.29, 0.717) is 18.2 Å². The summed E-state index contributed by atoms with van der Waals surface area (Å²) in [5.74, 6) is 1.19. The molecule has 7 heteroatoms. The van der Waals surface area contributed by atoms with Crippen LogP contribution in [0.3, 0.4) is 0 Å². The third kappa shape index (κ3) is 3.67. The zero-order valence-corrected chi connectivity index (χ0v) is 15.2. The molecule has 1 aliphatic rings. The van der Waals surface area contributed by atoms with E-state index in [0.717, 1.165) is 30.0 Å². The number of fused-ring (bicyclic) bond motifs is 1. The highest BCUT2D eigenvalue weighted by atomic mass is 16.5. The summed E-state index contributed by atoms with van der Waals surface area (Å²) in [5, 5.41) is 10.8. The number of nitrogens with zero attached hydrogens (tertiary/aromatic N) is 4. The Morgan fingerprint density at radius 1 is 1.19 bits per heavy atom. The first-order valence-electron chi connectivity index (χ1n) is 9.18. The maximum Gasteiger partial charge on any atom is 0.276 e. The molecule has 0 saturated carbocycles. The van der Waals surface area contributed by atoms with Gasteiger partial charge < -0.3 is 14.6 Å². The molecule has 3 heterocycles. The van der Waals surface area contributed by atoms with Gasteiger partial charge in [-0.15, -0.1) is 10.2 Å². The van der Waals surface area contributed by atoms with E-state index in [2.05, 4.69) is 26.3 Å². The van der Waals surface area contributed by atoms with Crippen LogP contribution < -0.4 is 10.1 Å². The summed E-state index contributed by atoms with van der Waals surface area (Å²) in [6.07, 6.45) is 5.41. The fourth-order valence-electron chi connectivity index (χ4n) is 3.21.